The number of aromatic nitrogens is 2. The Morgan fingerprint density at radius 1 is 1.42 bits per heavy atom. The van der Waals surface area contributed by atoms with Crippen LogP contribution in [0.3, 0.4) is 0 Å². The van der Waals surface area contributed by atoms with E-state index in [4.69, 9.17) is 4.74 Å². The molecule has 0 spiro atoms. The summed E-state index contributed by atoms with van der Waals surface area (Å²) in [5.41, 5.74) is 1.61. The molecular weight excluding hydrogens is 370 g/mol. The molecule has 1 aromatic heterocycles. The van der Waals surface area contributed by atoms with Crippen molar-refractivity contribution >= 4 is 27.9 Å². The average molecular weight is 390 g/mol. The summed E-state index contributed by atoms with van der Waals surface area (Å²) in [7, 11) is 1.85. The first kappa shape index (κ1) is 16.9. The Balaban J connectivity index is 1.79. The van der Waals surface area contributed by atoms with E-state index in [0.29, 0.717) is 13.2 Å². The fourth-order valence-corrected chi connectivity index (χ4v) is 3.37. The van der Waals surface area contributed by atoms with Gasteiger partial charge in [-0.3, -0.25) is 9.48 Å². The normalized spacial score (nSPS) is 17.1. The number of amides is 1. The third-order valence-electron chi connectivity index (χ3n) is 4.24. The molecule has 0 bridgehead atoms. The molecule has 6 heteroatoms. The maximum Gasteiger partial charge on any atom is 0.244 e. The number of benzene rings is 1. The van der Waals surface area contributed by atoms with Crippen LogP contribution in [0.15, 0.2) is 47.2 Å². The number of carbonyl (C=O) groups is 1. The molecule has 5 nitrogen and oxygen atoms in total. The van der Waals surface area contributed by atoms with Gasteiger partial charge in [0.05, 0.1) is 11.7 Å². The topological polar surface area (TPSA) is 56.2 Å². The summed E-state index contributed by atoms with van der Waals surface area (Å²) in [5, 5.41) is 7.29. The average Bonchev–Trinajstić information content (AvgIpc) is 2.99. The van der Waals surface area contributed by atoms with Crippen LogP contribution in [0.25, 0.3) is 6.08 Å². The smallest absolute Gasteiger partial charge is 0.244 e. The number of rotatable bonds is 4. The summed E-state index contributed by atoms with van der Waals surface area (Å²) in [6.45, 7) is 1.28. The zero-order chi connectivity index (χ0) is 17.0. The molecule has 1 N–H and O–H groups in total. The lowest BCUT2D eigenvalue weighted by atomic mass is 9.82. The van der Waals surface area contributed by atoms with Crippen molar-refractivity contribution in [2.24, 2.45) is 7.05 Å². The van der Waals surface area contributed by atoms with Crippen LogP contribution in [0, 0.1) is 0 Å². The van der Waals surface area contributed by atoms with Gasteiger partial charge >= 0.3 is 0 Å². The van der Waals surface area contributed by atoms with E-state index in [0.717, 1.165) is 28.4 Å². The van der Waals surface area contributed by atoms with E-state index in [1.165, 1.54) is 0 Å². The van der Waals surface area contributed by atoms with Gasteiger partial charge in [0.15, 0.2) is 0 Å². The molecule has 1 aliphatic heterocycles. The Hall–Kier alpha value is -1.92. The van der Waals surface area contributed by atoms with E-state index in [1.54, 1.807) is 23.0 Å². The van der Waals surface area contributed by atoms with Gasteiger partial charge < -0.3 is 10.1 Å². The molecule has 24 heavy (non-hydrogen) atoms. The molecule has 2 aromatic rings. The Kier molecular flexibility index (Phi) is 5.16. The summed E-state index contributed by atoms with van der Waals surface area (Å²) in [6.07, 6.45) is 8.44. The van der Waals surface area contributed by atoms with Gasteiger partial charge in [-0.25, -0.2) is 0 Å². The van der Waals surface area contributed by atoms with Gasteiger partial charge in [0.25, 0.3) is 0 Å². The first-order valence-electron chi connectivity index (χ1n) is 7.90. The molecule has 0 saturated carbocycles. The third-order valence-corrected chi connectivity index (χ3v) is 4.73. The molecule has 126 valence electrons. The molecular formula is C18H20BrN3O2. The predicted molar refractivity (Wildman–Crippen MR) is 96.3 cm³/mol. The summed E-state index contributed by atoms with van der Waals surface area (Å²) >= 11 is 3.52. The first-order valence-corrected chi connectivity index (χ1v) is 8.69. The highest BCUT2D eigenvalue weighted by atomic mass is 79.9. The molecule has 0 aliphatic carbocycles. The SMILES string of the molecule is Cn1cc(/C=C/C(=O)NC2(c3cccc(Br)c3)CCOCC2)cn1. The van der Waals surface area contributed by atoms with Crippen LogP contribution in [0.5, 0.6) is 0 Å². The van der Waals surface area contributed by atoms with Crippen LogP contribution in [0.2, 0.25) is 0 Å². The van der Waals surface area contributed by atoms with Crippen molar-refractivity contribution < 1.29 is 9.53 Å². The molecule has 1 fully saturated rings. The van der Waals surface area contributed by atoms with E-state index in [1.807, 2.05) is 25.4 Å². The summed E-state index contributed by atoms with van der Waals surface area (Å²) in [4.78, 5) is 12.5. The number of hydrogen-bond donors (Lipinski definition) is 1. The Bertz CT molecular complexity index is 748. The van der Waals surface area contributed by atoms with E-state index in [-0.39, 0.29) is 5.91 Å². The third kappa shape index (κ3) is 3.94. The minimum absolute atomic E-state index is 0.110. The van der Waals surface area contributed by atoms with E-state index in [2.05, 4.69) is 38.5 Å². The van der Waals surface area contributed by atoms with Crippen molar-refractivity contribution in [1.29, 1.82) is 0 Å². The van der Waals surface area contributed by atoms with Gasteiger partial charge in [0.2, 0.25) is 5.91 Å². The minimum atomic E-state index is -0.390. The van der Waals surface area contributed by atoms with Gasteiger partial charge in [-0.05, 0) is 36.6 Å². The van der Waals surface area contributed by atoms with E-state index >= 15 is 0 Å². The van der Waals surface area contributed by atoms with Crippen LogP contribution in [-0.4, -0.2) is 28.9 Å². The zero-order valence-electron chi connectivity index (χ0n) is 13.5. The number of carbonyl (C=O) groups excluding carboxylic acids is 1. The molecule has 0 atom stereocenters. The van der Waals surface area contributed by atoms with Crippen LogP contribution in [-0.2, 0) is 22.1 Å². The van der Waals surface area contributed by atoms with Crippen molar-refractivity contribution in [1.82, 2.24) is 15.1 Å². The van der Waals surface area contributed by atoms with Gasteiger partial charge in [-0.15, -0.1) is 0 Å². The molecule has 1 saturated heterocycles. The molecule has 2 heterocycles. The highest BCUT2D eigenvalue weighted by molar-refractivity contribution is 9.10. The Labute approximate surface area is 149 Å². The lowest BCUT2D eigenvalue weighted by Gasteiger charge is -2.38. The largest absolute Gasteiger partial charge is 0.381 e. The molecule has 1 amide bonds. The Morgan fingerprint density at radius 3 is 2.88 bits per heavy atom. The minimum Gasteiger partial charge on any atom is -0.381 e. The summed E-state index contributed by atoms with van der Waals surface area (Å²) in [5.74, 6) is -0.110. The number of aryl methyl sites for hydroxylation is 1. The number of nitrogens with one attached hydrogen (secondary N) is 1. The van der Waals surface area contributed by atoms with E-state index in [9.17, 15) is 4.79 Å². The van der Waals surface area contributed by atoms with Gasteiger partial charge in [0, 0.05) is 42.6 Å². The van der Waals surface area contributed by atoms with Crippen molar-refractivity contribution in [3.05, 3.63) is 58.3 Å². The second-order valence-electron chi connectivity index (χ2n) is 5.97. The fourth-order valence-electron chi connectivity index (χ4n) is 2.97. The molecule has 1 aromatic carbocycles. The monoisotopic (exact) mass is 389 g/mol. The van der Waals surface area contributed by atoms with Crippen LogP contribution < -0.4 is 5.32 Å². The van der Waals surface area contributed by atoms with Crippen LogP contribution >= 0.6 is 15.9 Å². The van der Waals surface area contributed by atoms with Crippen molar-refractivity contribution in [2.75, 3.05) is 13.2 Å². The quantitative estimate of drug-likeness (QED) is 0.817. The van der Waals surface area contributed by atoms with Crippen molar-refractivity contribution in [3.63, 3.8) is 0 Å². The summed E-state index contributed by atoms with van der Waals surface area (Å²) in [6, 6.07) is 8.10. The van der Waals surface area contributed by atoms with Crippen LogP contribution in [0.4, 0.5) is 0 Å². The standard InChI is InChI=1S/C18H20BrN3O2/c1-22-13-14(12-20-22)5-6-17(23)21-18(7-9-24-10-8-18)15-3-2-4-16(19)11-15/h2-6,11-13H,7-10H2,1H3,(H,21,23)/b6-5+. The Morgan fingerprint density at radius 2 is 2.21 bits per heavy atom. The number of ether oxygens (including phenoxy) is 1. The van der Waals surface area contributed by atoms with Gasteiger partial charge in [-0.1, -0.05) is 28.1 Å². The zero-order valence-corrected chi connectivity index (χ0v) is 15.1. The second-order valence-corrected chi connectivity index (χ2v) is 6.89. The predicted octanol–water partition coefficient (Wildman–Crippen LogP) is 3.02. The highest BCUT2D eigenvalue weighted by Gasteiger charge is 2.35. The first-order chi connectivity index (χ1) is 11.6. The van der Waals surface area contributed by atoms with E-state index < -0.39 is 5.54 Å². The van der Waals surface area contributed by atoms with Crippen molar-refractivity contribution in [2.45, 2.75) is 18.4 Å². The molecule has 0 unspecified atom stereocenters. The molecule has 3 rings (SSSR count). The number of hydrogen-bond acceptors (Lipinski definition) is 3. The molecule has 1 aliphatic rings. The number of nitrogens with zero attached hydrogens (tertiary/aromatic N) is 2. The van der Waals surface area contributed by atoms with Crippen molar-refractivity contribution in [3.8, 4) is 0 Å². The molecule has 0 radical (unpaired) electrons. The highest BCUT2D eigenvalue weighted by Crippen LogP contribution is 2.33. The number of halogens is 1. The second kappa shape index (κ2) is 7.32. The van der Waals surface area contributed by atoms with Gasteiger partial charge in [0.1, 0.15) is 0 Å². The fraction of sp³-hybridized carbons (Fsp3) is 0.333. The van der Waals surface area contributed by atoms with Gasteiger partial charge in [-0.2, -0.15) is 5.10 Å². The maximum absolute atomic E-state index is 12.5. The van der Waals surface area contributed by atoms with Crippen LogP contribution in [0.1, 0.15) is 24.0 Å². The lowest BCUT2D eigenvalue weighted by molar-refractivity contribution is -0.119. The summed E-state index contributed by atoms with van der Waals surface area (Å²) < 4.78 is 8.21. The maximum atomic E-state index is 12.5. The lowest BCUT2D eigenvalue weighted by Crippen LogP contribution is -2.49.